The Kier molecular flexibility index (Phi) is 5.25. The average molecular weight is 307 g/mol. The molecule has 0 aromatic heterocycles. The van der Waals surface area contributed by atoms with Crippen LogP contribution in [0.4, 0.5) is 0 Å². The third kappa shape index (κ3) is 3.90. The molecule has 0 radical (unpaired) electrons. The number of rotatable bonds is 5. The van der Waals surface area contributed by atoms with E-state index in [1.807, 2.05) is 13.8 Å². The summed E-state index contributed by atoms with van der Waals surface area (Å²) in [6.07, 6.45) is 0.517. The van der Waals surface area contributed by atoms with E-state index in [0.717, 1.165) is 0 Å². The van der Waals surface area contributed by atoms with Crippen molar-refractivity contribution < 1.29 is 23.8 Å². The van der Waals surface area contributed by atoms with Crippen molar-refractivity contribution in [2.45, 2.75) is 26.3 Å². The predicted molar refractivity (Wildman–Crippen MR) is 80.2 cm³/mol. The van der Waals surface area contributed by atoms with Crippen LogP contribution in [0.1, 0.15) is 30.6 Å². The van der Waals surface area contributed by atoms with Gasteiger partial charge in [0.25, 0.3) is 5.91 Å². The molecule has 1 aromatic carbocycles. The normalized spacial score (nSPS) is 14.4. The molecule has 1 amide bonds. The first-order valence-corrected chi connectivity index (χ1v) is 7.29. The van der Waals surface area contributed by atoms with Crippen LogP contribution < -0.4 is 14.8 Å². The number of hydrogen-bond donors (Lipinski definition) is 1. The van der Waals surface area contributed by atoms with Crippen LogP contribution in [0, 0.1) is 5.92 Å². The number of nitrogens with one attached hydrogen (secondary N) is 1. The van der Waals surface area contributed by atoms with E-state index in [2.05, 4.69) is 5.32 Å². The van der Waals surface area contributed by atoms with Crippen LogP contribution in [0.15, 0.2) is 18.2 Å². The SMILES string of the molecule is COC(=O)C(CC(C)C)NC(=O)c1ccc2c(c1)OCCO2. The molecular formula is C16H21NO5. The lowest BCUT2D eigenvalue weighted by atomic mass is 10.0. The zero-order chi connectivity index (χ0) is 16.1. The predicted octanol–water partition coefficient (Wildman–Crippen LogP) is 1.78. The highest BCUT2D eigenvalue weighted by Gasteiger charge is 2.24. The van der Waals surface area contributed by atoms with E-state index in [9.17, 15) is 9.59 Å². The maximum atomic E-state index is 12.3. The fourth-order valence-corrected chi connectivity index (χ4v) is 2.25. The molecule has 1 aliphatic heterocycles. The van der Waals surface area contributed by atoms with Gasteiger partial charge in [0.05, 0.1) is 7.11 Å². The maximum absolute atomic E-state index is 12.3. The van der Waals surface area contributed by atoms with Crippen molar-refractivity contribution in [1.82, 2.24) is 5.32 Å². The smallest absolute Gasteiger partial charge is 0.328 e. The van der Waals surface area contributed by atoms with Crippen molar-refractivity contribution in [3.05, 3.63) is 23.8 Å². The number of benzene rings is 1. The summed E-state index contributed by atoms with van der Waals surface area (Å²) in [4.78, 5) is 24.1. The first-order chi connectivity index (χ1) is 10.5. The molecule has 1 atom stereocenters. The maximum Gasteiger partial charge on any atom is 0.328 e. The molecule has 1 heterocycles. The van der Waals surface area contributed by atoms with E-state index < -0.39 is 12.0 Å². The van der Waals surface area contributed by atoms with Gasteiger partial charge in [-0.3, -0.25) is 4.79 Å². The molecule has 0 aliphatic carbocycles. The van der Waals surface area contributed by atoms with E-state index >= 15 is 0 Å². The third-order valence-electron chi connectivity index (χ3n) is 3.30. The van der Waals surface area contributed by atoms with Gasteiger partial charge in [0, 0.05) is 5.56 Å². The van der Waals surface area contributed by atoms with Crippen molar-refractivity contribution >= 4 is 11.9 Å². The standard InChI is InChI=1S/C16H21NO5/c1-10(2)8-12(16(19)20-3)17-15(18)11-4-5-13-14(9-11)22-7-6-21-13/h4-5,9-10,12H,6-8H2,1-3H3,(H,17,18). The molecule has 1 N–H and O–H groups in total. The molecule has 1 aliphatic rings. The van der Waals surface area contributed by atoms with Crippen molar-refractivity contribution in [3.8, 4) is 11.5 Å². The summed E-state index contributed by atoms with van der Waals surface area (Å²) in [5, 5.41) is 2.71. The summed E-state index contributed by atoms with van der Waals surface area (Å²) in [6, 6.07) is 4.30. The van der Waals surface area contributed by atoms with E-state index in [1.54, 1.807) is 18.2 Å². The van der Waals surface area contributed by atoms with Crippen LogP contribution in [0.5, 0.6) is 11.5 Å². The molecule has 0 saturated carbocycles. The number of amides is 1. The lowest BCUT2D eigenvalue weighted by Crippen LogP contribution is -2.42. The minimum atomic E-state index is -0.661. The molecule has 22 heavy (non-hydrogen) atoms. The van der Waals surface area contributed by atoms with E-state index in [1.165, 1.54) is 7.11 Å². The Morgan fingerprint density at radius 2 is 1.91 bits per heavy atom. The van der Waals surface area contributed by atoms with Crippen molar-refractivity contribution in [3.63, 3.8) is 0 Å². The van der Waals surface area contributed by atoms with Crippen LogP contribution >= 0.6 is 0 Å². The van der Waals surface area contributed by atoms with Gasteiger partial charge in [-0.2, -0.15) is 0 Å². The Hall–Kier alpha value is -2.24. The second-order valence-corrected chi connectivity index (χ2v) is 5.54. The number of fused-ring (bicyclic) bond motifs is 1. The van der Waals surface area contributed by atoms with Crippen molar-refractivity contribution in [2.24, 2.45) is 5.92 Å². The first-order valence-electron chi connectivity index (χ1n) is 7.29. The number of esters is 1. The van der Waals surface area contributed by atoms with Gasteiger partial charge in [0.2, 0.25) is 0 Å². The van der Waals surface area contributed by atoms with E-state index in [4.69, 9.17) is 14.2 Å². The van der Waals surface area contributed by atoms with Gasteiger partial charge in [0.15, 0.2) is 11.5 Å². The van der Waals surface area contributed by atoms with Gasteiger partial charge in [0.1, 0.15) is 19.3 Å². The fraction of sp³-hybridized carbons (Fsp3) is 0.500. The number of ether oxygens (including phenoxy) is 3. The minimum Gasteiger partial charge on any atom is -0.486 e. The van der Waals surface area contributed by atoms with Crippen LogP contribution in [-0.4, -0.2) is 38.2 Å². The van der Waals surface area contributed by atoms with Crippen molar-refractivity contribution in [2.75, 3.05) is 20.3 Å². The Balaban J connectivity index is 2.11. The summed E-state index contributed by atoms with van der Waals surface area (Å²) < 4.78 is 15.6. The molecule has 2 rings (SSSR count). The molecule has 0 bridgehead atoms. The van der Waals surface area contributed by atoms with Crippen molar-refractivity contribution in [1.29, 1.82) is 0 Å². The Morgan fingerprint density at radius 3 is 2.55 bits per heavy atom. The van der Waals surface area contributed by atoms with Gasteiger partial charge < -0.3 is 19.5 Å². The van der Waals surface area contributed by atoms with Gasteiger partial charge >= 0.3 is 5.97 Å². The largest absolute Gasteiger partial charge is 0.486 e. The highest BCUT2D eigenvalue weighted by Crippen LogP contribution is 2.30. The zero-order valence-electron chi connectivity index (χ0n) is 13.0. The van der Waals surface area contributed by atoms with Gasteiger partial charge in [-0.05, 0) is 30.5 Å². The summed E-state index contributed by atoms with van der Waals surface area (Å²) in [6.45, 7) is 4.91. The Morgan fingerprint density at radius 1 is 1.23 bits per heavy atom. The number of hydrogen-bond acceptors (Lipinski definition) is 5. The Bertz CT molecular complexity index is 555. The molecule has 120 valence electrons. The average Bonchev–Trinajstić information content (AvgIpc) is 2.52. The summed E-state index contributed by atoms with van der Waals surface area (Å²) in [5.74, 6) is 0.629. The molecule has 0 saturated heterocycles. The molecule has 6 heteroatoms. The number of carbonyl (C=O) groups excluding carboxylic acids is 2. The zero-order valence-corrected chi connectivity index (χ0v) is 13.0. The summed E-state index contributed by atoms with van der Waals surface area (Å²) in [5.41, 5.74) is 0.418. The third-order valence-corrected chi connectivity index (χ3v) is 3.30. The van der Waals surface area contributed by atoms with E-state index in [0.29, 0.717) is 36.7 Å². The van der Waals surface area contributed by atoms with Gasteiger partial charge in [-0.15, -0.1) is 0 Å². The molecule has 1 aromatic rings. The second-order valence-electron chi connectivity index (χ2n) is 5.54. The minimum absolute atomic E-state index is 0.254. The fourth-order valence-electron chi connectivity index (χ4n) is 2.25. The molecule has 0 fully saturated rings. The lowest BCUT2D eigenvalue weighted by molar-refractivity contribution is -0.143. The quantitative estimate of drug-likeness (QED) is 0.839. The van der Waals surface area contributed by atoms with Crippen LogP contribution in [0.25, 0.3) is 0 Å². The highest BCUT2D eigenvalue weighted by molar-refractivity contribution is 5.97. The first kappa shape index (κ1) is 16.1. The topological polar surface area (TPSA) is 73.9 Å². The number of methoxy groups -OCH3 is 1. The van der Waals surface area contributed by atoms with Crippen LogP contribution in [0.3, 0.4) is 0 Å². The monoisotopic (exact) mass is 307 g/mol. The highest BCUT2D eigenvalue weighted by atomic mass is 16.6. The molecule has 0 spiro atoms. The van der Waals surface area contributed by atoms with Crippen LogP contribution in [0.2, 0.25) is 0 Å². The summed E-state index contributed by atoms with van der Waals surface area (Å²) in [7, 11) is 1.31. The molecule has 1 unspecified atom stereocenters. The van der Waals surface area contributed by atoms with Gasteiger partial charge in [-0.1, -0.05) is 13.8 Å². The number of carbonyl (C=O) groups is 2. The lowest BCUT2D eigenvalue weighted by Gasteiger charge is -2.20. The molecule has 6 nitrogen and oxygen atoms in total. The summed E-state index contributed by atoms with van der Waals surface area (Å²) >= 11 is 0. The van der Waals surface area contributed by atoms with Gasteiger partial charge in [-0.25, -0.2) is 4.79 Å². The Labute approximate surface area is 129 Å². The van der Waals surface area contributed by atoms with E-state index in [-0.39, 0.29) is 11.8 Å². The van der Waals surface area contributed by atoms with Crippen LogP contribution in [-0.2, 0) is 9.53 Å². The molecular weight excluding hydrogens is 286 g/mol. The second kappa shape index (κ2) is 7.15.